The van der Waals surface area contributed by atoms with E-state index in [-0.39, 0.29) is 12.2 Å². The summed E-state index contributed by atoms with van der Waals surface area (Å²) in [5.74, 6) is -1.42. The second-order valence-corrected chi connectivity index (χ2v) is 3.73. The van der Waals surface area contributed by atoms with Crippen molar-refractivity contribution in [2.24, 2.45) is 5.41 Å². The standard InChI is InChI=1S/C8H12N4O3/c1-8(2,7(14)15)4-9-6(13)5-3-10-12-11-5/h3H,4H2,1-2H3,(H,9,13)(H,14,15)(H,10,11,12). The molecule has 1 amide bonds. The quantitative estimate of drug-likeness (QED) is 0.632. The van der Waals surface area contributed by atoms with Crippen LogP contribution < -0.4 is 5.32 Å². The number of hydrogen-bond acceptors (Lipinski definition) is 4. The van der Waals surface area contributed by atoms with Crippen molar-refractivity contribution in [3.63, 3.8) is 0 Å². The van der Waals surface area contributed by atoms with Crippen molar-refractivity contribution >= 4 is 11.9 Å². The summed E-state index contributed by atoms with van der Waals surface area (Å²) >= 11 is 0. The number of amides is 1. The summed E-state index contributed by atoms with van der Waals surface area (Å²) < 4.78 is 0. The zero-order valence-corrected chi connectivity index (χ0v) is 8.44. The Bertz CT molecular complexity index is 358. The molecular weight excluding hydrogens is 200 g/mol. The van der Waals surface area contributed by atoms with Gasteiger partial charge in [-0.1, -0.05) is 0 Å². The summed E-state index contributed by atoms with van der Waals surface area (Å²) in [4.78, 5) is 22.1. The number of nitrogens with one attached hydrogen (secondary N) is 2. The molecule has 0 fully saturated rings. The number of rotatable bonds is 4. The Labute approximate surface area is 85.9 Å². The first-order chi connectivity index (χ1) is 6.93. The van der Waals surface area contributed by atoms with Gasteiger partial charge in [-0.25, -0.2) is 0 Å². The number of H-pyrrole nitrogens is 1. The number of aromatic amines is 1. The van der Waals surface area contributed by atoms with Crippen LogP contribution in [0.2, 0.25) is 0 Å². The molecule has 1 heterocycles. The maximum absolute atomic E-state index is 11.3. The molecule has 0 atom stereocenters. The number of hydrogen-bond donors (Lipinski definition) is 3. The number of carbonyl (C=O) groups is 2. The van der Waals surface area contributed by atoms with E-state index in [1.807, 2.05) is 0 Å². The molecule has 0 bridgehead atoms. The van der Waals surface area contributed by atoms with Gasteiger partial charge in [0.2, 0.25) is 0 Å². The lowest BCUT2D eigenvalue weighted by Gasteiger charge is -2.18. The van der Waals surface area contributed by atoms with Crippen LogP contribution in [0.3, 0.4) is 0 Å². The Morgan fingerprint density at radius 1 is 1.60 bits per heavy atom. The minimum atomic E-state index is -1.00. The number of carboxylic acids is 1. The Morgan fingerprint density at radius 2 is 2.27 bits per heavy atom. The average Bonchev–Trinajstić information content (AvgIpc) is 2.66. The second kappa shape index (κ2) is 4.07. The summed E-state index contributed by atoms with van der Waals surface area (Å²) in [6.45, 7) is 3.09. The maximum atomic E-state index is 11.3. The van der Waals surface area contributed by atoms with E-state index in [4.69, 9.17) is 5.11 Å². The highest BCUT2D eigenvalue weighted by atomic mass is 16.4. The Balaban J connectivity index is 2.51. The zero-order valence-electron chi connectivity index (χ0n) is 8.44. The first-order valence-electron chi connectivity index (χ1n) is 4.31. The number of carbonyl (C=O) groups excluding carboxylic acids is 1. The van der Waals surface area contributed by atoms with Crippen LogP contribution in [0, 0.1) is 5.41 Å². The van der Waals surface area contributed by atoms with E-state index in [0.29, 0.717) is 0 Å². The van der Waals surface area contributed by atoms with E-state index in [9.17, 15) is 9.59 Å². The number of aliphatic carboxylic acids is 1. The maximum Gasteiger partial charge on any atom is 0.310 e. The molecule has 0 saturated carbocycles. The molecule has 7 heteroatoms. The summed E-state index contributed by atoms with van der Waals surface area (Å²) in [7, 11) is 0. The summed E-state index contributed by atoms with van der Waals surface area (Å²) in [6, 6.07) is 0. The molecular formula is C8H12N4O3. The molecule has 1 aromatic rings. The van der Waals surface area contributed by atoms with Gasteiger partial charge >= 0.3 is 5.97 Å². The van der Waals surface area contributed by atoms with Crippen LogP contribution in [-0.2, 0) is 4.79 Å². The van der Waals surface area contributed by atoms with Gasteiger partial charge in [-0.3, -0.25) is 9.59 Å². The first-order valence-corrected chi connectivity index (χ1v) is 4.31. The molecule has 0 spiro atoms. The van der Waals surface area contributed by atoms with Gasteiger partial charge in [0, 0.05) is 6.54 Å². The molecule has 0 unspecified atom stereocenters. The van der Waals surface area contributed by atoms with Crippen molar-refractivity contribution in [2.45, 2.75) is 13.8 Å². The van der Waals surface area contributed by atoms with E-state index in [2.05, 4.69) is 20.7 Å². The third-order valence-electron chi connectivity index (χ3n) is 1.92. The van der Waals surface area contributed by atoms with Crippen molar-refractivity contribution in [1.29, 1.82) is 0 Å². The molecule has 0 saturated heterocycles. The molecule has 1 aromatic heterocycles. The molecule has 3 N–H and O–H groups in total. The third kappa shape index (κ3) is 2.76. The van der Waals surface area contributed by atoms with Gasteiger partial charge in [0.1, 0.15) is 0 Å². The van der Waals surface area contributed by atoms with Gasteiger partial charge < -0.3 is 10.4 Å². The average molecular weight is 212 g/mol. The van der Waals surface area contributed by atoms with E-state index < -0.39 is 17.3 Å². The predicted molar refractivity (Wildman–Crippen MR) is 50.1 cm³/mol. The lowest BCUT2D eigenvalue weighted by Crippen LogP contribution is -2.39. The van der Waals surface area contributed by atoms with Crippen LogP contribution in [-0.4, -0.2) is 38.9 Å². The number of nitrogens with zero attached hydrogens (tertiary/aromatic N) is 2. The highest BCUT2D eigenvalue weighted by molar-refractivity contribution is 5.92. The summed E-state index contributed by atoms with van der Waals surface area (Å²) in [5.41, 5.74) is -0.865. The fourth-order valence-electron chi connectivity index (χ4n) is 0.778. The van der Waals surface area contributed by atoms with Crippen molar-refractivity contribution in [2.75, 3.05) is 6.54 Å². The zero-order chi connectivity index (χ0) is 11.5. The van der Waals surface area contributed by atoms with E-state index in [1.54, 1.807) is 0 Å². The fraction of sp³-hybridized carbons (Fsp3) is 0.500. The lowest BCUT2D eigenvalue weighted by molar-refractivity contribution is -0.146. The highest BCUT2D eigenvalue weighted by Gasteiger charge is 2.27. The molecule has 0 aliphatic rings. The normalized spacial score (nSPS) is 11.1. The summed E-state index contributed by atoms with van der Waals surface area (Å²) in [6.07, 6.45) is 1.27. The van der Waals surface area contributed by atoms with Crippen LogP contribution >= 0.6 is 0 Å². The SMILES string of the molecule is CC(C)(CNC(=O)c1cn[nH]n1)C(=O)O. The van der Waals surface area contributed by atoms with Crippen LogP contribution in [0.25, 0.3) is 0 Å². The van der Waals surface area contributed by atoms with Crippen molar-refractivity contribution in [1.82, 2.24) is 20.7 Å². The third-order valence-corrected chi connectivity index (χ3v) is 1.92. The van der Waals surface area contributed by atoms with Gasteiger partial charge in [-0.05, 0) is 13.8 Å². The molecule has 0 radical (unpaired) electrons. The molecule has 7 nitrogen and oxygen atoms in total. The van der Waals surface area contributed by atoms with Crippen LogP contribution in [0.4, 0.5) is 0 Å². The number of aromatic nitrogens is 3. The monoisotopic (exact) mass is 212 g/mol. The largest absolute Gasteiger partial charge is 0.481 e. The molecule has 0 aromatic carbocycles. The van der Waals surface area contributed by atoms with Crippen LogP contribution in [0.15, 0.2) is 6.20 Å². The van der Waals surface area contributed by atoms with E-state index in [1.165, 1.54) is 20.0 Å². The molecule has 15 heavy (non-hydrogen) atoms. The van der Waals surface area contributed by atoms with Gasteiger partial charge in [0.25, 0.3) is 5.91 Å². The number of carboxylic acid groups (broad SMARTS) is 1. The molecule has 1 rings (SSSR count). The minimum absolute atomic E-state index is 0.0357. The molecule has 82 valence electrons. The smallest absolute Gasteiger partial charge is 0.310 e. The van der Waals surface area contributed by atoms with Crippen LogP contribution in [0.5, 0.6) is 0 Å². The Kier molecular flexibility index (Phi) is 3.03. The fourth-order valence-corrected chi connectivity index (χ4v) is 0.778. The minimum Gasteiger partial charge on any atom is -0.481 e. The van der Waals surface area contributed by atoms with Gasteiger partial charge in [-0.15, -0.1) is 0 Å². The predicted octanol–water partition coefficient (Wildman–Crippen LogP) is -0.355. The Hall–Kier alpha value is -1.92. The highest BCUT2D eigenvalue weighted by Crippen LogP contribution is 2.13. The summed E-state index contributed by atoms with van der Waals surface area (Å²) in [5, 5.41) is 20.6. The van der Waals surface area contributed by atoms with E-state index >= 15 is 0 Å². The second-order valence-electron chi connectivity index (χ2n) is 3.73. The Morgan fingerprint density at radius 3 is 2.73 bits per heavy atom. The molecule has 0 aliphatic heterocycles. The van der Waals surface area contributed by atoms with Gasteiger partial charge in [0.05, 0.1) is 11.6 Å². The first kappa shape index (κ1) is 11.2. The van der Waals surface area contributed by atoms with E-state index in [0.717, 1.165) is 0 Å². The lowest BCUT2D eigenvalue weighted by atomic mass is 9.94. The molecule has 0 aliphatic carbocycles. The van der Waals surface area contributed by atoms with Crippen molar-refractivity contribution in [3.8, 4) is 0 Å². The van der Waals surface area contributed by atoms with Crippen molar-refractivity contribution < 1.29 is 14.7 Å². The van der Waals surface area contributed by atoms with Gasteiger partial charge in [-0.2, -0.15) is 15.4 Å². The topological polar surface area (TPSA) is 108 Å². The van der Waals surface area contributed by atoms with Crippen LogP contribution in [0.1, 0.15) is 24.3 Å². The van der Waals surface area contributed by atoms with Gasteiger partial charge in [0.15, 0.2) is 5.69 Å². The van der Waals surface area contributed by atoms with Crippen molar-refractivity contribution in [3.05, 3.63) is 11.9 Å².